The first-order valence-corrected chi connectivity index (χ1v) is 13.5. The van der Waals surface area contributed by atoms with E-state index in [1.807, 2.05) is 6.92 Å². The second-order valence-electron chi connectivity index (χ2n) is 12.8. The molecule has 1 heterocycles. The number of fused-ring (bicyclic) bond motifs is 6. The van der Waals surface area contributed by atoms with Crippen molar-refractivity contribution in [1.29, 1.82) is 5.26 Å². The highest BCUT2D eigenvalue weighted by Gasteiger charge is 2.57. The Balaban J connectivity index is 1.55. The minimum absolute atomic E-state index is 0.0330. The number of nitrogens with zero attached hydrogens (tertiary/aromatic N) is 1. The van der Waals surface area contributed by atoms with E-state index in [1.54, 1.807) is 14.2 Å². The Labute approximate surface area is 226 Å². The molecule has 3 aliphatic carbocycles. The first-order chi connectivity index (χ1) is 17.9. The summed E-state index contributed by atoms with van der Waals surface area (Å²) in [5, 5.41) is 9.97. The van der Waals surface area contributed by atoms with Crippen LogP contribution in [0.2, 0.25) is 0 Å². The third-order valence-corrected chi connectivity index (χ3v) is 9.76. The van der Waals surface area contributed by atoms with Crippen molar-refractivity contribution in [3.05, 3.63) is 68.8 Å². The predicted molar refractivity (Wildman–Crippen MR) is 148 cm³/mol. The number of benzene rings is 2. The van der Waals surface area contributed by atoms with Gasteiger partial charge in [0.15, 0.2) is 35.2 Å². The second kappa shape index (κ2) is 7.82. The molecule has 3 atom stereocenters. The van der Waals surface area contributed by atoms with Crippen LogP contribution in [0.15, 0.2) is 46.6 Å². The number of rotatable bonds is 2. The molecule has 3 unspecified atom stereocenters. The molecule has 0 saturated carbocycles. The Bertz CT molecular complexity index is 1500. The first-order valence-electron chi connectivity index (χ1n) is 13.5. The molecule has 0 amide bonds. The zero-order chi connectivity index (χ0) is 27.4. The van der Waals surface area contributed by atoms with E-state index in [9.17, 15) is 5.26 Å². The van der Waals surface area contributed by atoms with Crippen LogP contribution >= 0.6 is 0 Å². The van der Waals surface area contributed by atoms with Crippen molar-refractivity contribution in [2.24, 2.45) is 0 Å². The van der Waals surface area contributed by atoms with Crippen LogP contribution in [0.4, 0.5) is 0 Å². The maximum absolute atomic E-state index is 9.97. The number of allylic oxidation sites excluding steroid dienone is 2. The molecule has 0 fully saturated rings. The first kappa shape index (κ1) is 24.9. The molecule has 1 spiro atoms. The van der Waals surface area contributed by atoms with E-state index in [0.29, 0.717) is 5.57 Å². The van der Waals surface area contributed by atoms with Crippen LogP contribution in [0.25, 0.3) is 0 Å². The lowest BCUT2D eigenvalue weighted by Gasteiger charge is -2.39. The molecular weight excluding hydrogens is 474 g/mol. The molecule has 0 saturated heterocycles. The van der Waals surface area contributed by atoms with Crippen molar-refractivity contribution in [3.63, 3.8) is 0 Å². The van der Waals surface area contributed by atoms with E-state index in [-0.39, 0.29) is 22.3 Å². The van der Waals surface area contributed by atoms with E-state index in [0.717, 1.165) is 52.6 Å². The average Bonchev–Trinajstić information content (AvgIpc) is 3.23. The highest BCUT2D eigenvalue weighted by molar-refractivity contribution is 5.66. The topological polar surface area (TPSA) is 60.7 Å². The molecule has 0 N–H and O–H groups in total. The van der Waals surface area contributed by atoms with E-state index in [1.165, 1.54) is 22.3 Å². The van der Waals surface area contributed by atoms with Crippen LogP contribution in [0.1, 0.15) is 83.6 Å². The zero-order valence-corrected chi connectivity index (χ0v) is 24.0. The Morgan fingerprint density at radius 2 is 1.21 bits per heavy atom. The van der Waals surface area contributed by atoms with E-state index < -0.39 is 6.10 Å². The van der Waals surface area contributed by atoms with E-state index in [2.05, 4.69) is 71.9 Å². The fourth-order valence-corrected chi connectivity index (χ4v) is 7.82. The van der Waals surface area contributed by atoms with Gasteiger partial charge in [-0.05, 0) is 108 Å². The molecule has 2 aromatic rings. The van der Waals surface area contributed by atoms with Crippen molar-refractivity contribution in [2.45, 2.75) is 89.8 Å². The predicted octanol–water partition coefficient (Wildman–Crippen LogP) is 7.05. The maximum atomic E-state index is 9.97. The van der Waals surface area contributed by atoms with Crippen molar-refractivity contribution in [2.75, 3.05) is 14.2 Å². The summed E-state index contributed by atoms with van der Waals surface area (Å²) < 4.78 is 24.8. The number of hydrogen-bond donors (Lipinski definition) is 0. The Kier molecular flexibility index (Phi) is 5.13. The summed E-state index contributed by atoms with van der Waals surface area (Å²) >= 11 is 0. The highest BCUT2D eigenvalue weighted by Crippen LogP contribution is 2.65. The summed E-state index contributed by atoms with van der Waals surface area (Å²) in [6.45, 7) is 15.5. The van der Waals surface area contributed by atoms with Crippen molar-refractivity contribution in [3.8, 4) is 29.1 Å². The van der Waals surface area contributed by atoms with Gasteiger partial charge < -0.3 is 18.9 Å². The molecule has 6 rings (SSSR count). The van der Waals surface area contributed by atoms with Crippen LogP contribution in [0.5, 0.6) is 23.0 Å². The van der Waals surface area contributed by atoms with Gasteiger partial charge >= 0.3 is 0 Å². The zero-order valence-electron chi connectivity index (χ0n) is 24.0. The van der Waals surface area contributed by atoms with Crippen LogP contribution in [-0.2, 0) is 16.2 Å². The normalized spacial score (nSPS) is 27.6. The minimum Gasteiger partial charge on any atom is -0.493 e. The minimum atomic E-state index is -0.421. The Hall–Kier alpha value is -3.39. The summed E-state index contributed by atoms with van der Waals surface area (Å²) in [6.07, 6.45) is 1.25. The molecule has 0 radical (unpaired) electrons. The molecular formula is C33H37NO4. The van der Waals surface area contributed by atoms with Gasteiger partial charge in [-0.1, -0.05) is 27.7 Å². The van der Waals surface area contributed by atoms with Gasteiger partial charge in [-0.25, -0.2) is 0 Å². The van der Waals surface area contributed by atoms with Crippen molar-refractivity contribution >= 4 is 0 Å². The SMILES string of the molecule is COc1cc2c(cc1OC)C1(CC2(C)C)CC(C)(C)c2cc3c(cc21)OC1C(C)=C(C)C(C)=C(C#N)C1O3. The van der Waals surface area contributed by atoms with Gasteiger partial charge in [0.2, 0.25) is 0 Å². The van der Waals surface area contributed by atoms with Gasteiger partial charge in [-0.15, -0.1) is 0 Å². The summed E-state index contributed by atoms with van der Waals surface area (Å²) in [4.78, 5) is 0. The molecule has 1 aliphatic heterocycles. The number of methoxy groups -OCH3 is 2. The van der Waals surface area contributed by atoms with Gasteiger partial charge in [0.05, 0.1) is 25.9 Å². The molecule has 4 aliphatic rings. The summed E-state index contributed by atoms with van der Waals surface area (Å²) in [7, 11) is 3.40. The smallest absolute Gasteiger partial charge is 0.175 e. The van der Waals surface area contributed by atoms with E-state index in [4.69, 9.17) is 18.9 Å². The Morgan fingerprint density at radius 1 is 0.737 bits per heavy atom. The molecule has 0 aromatic heterocycles. The maximum Gasteiger partial charge on any atom is 0.175 e. The lowest BCUT2D eigenvalue weighted by atomic mass is 9.72. The lowest BCUT2D eigenvalue weighted by molar-refractivity contribution is 0.0621. The van der Waals surface area contributed by atoms with Crippen LogP contribution in [0, 0.1) is 11.3 Å². The average molecular weight is 512 g/mol. The molecule has 2 aromatic carbocycles. The number of nitriles is 1. The fourth-order valence-electron chi connectivity index (χ4n) is 7.82. The van der Waals surface area contributed by atoms with Gasteiger partial charge in [-0.3, -0.25) is 0 Å². The molecule has 5 heteroatoms. The lowest BCUT2D eigenvalue weighted by Crippen LogP contribution is -2.44. The monoisotopic (exact) mass is 511 g/mol. The van der Waals surface area contributed by atoms with Gasteiger partial charge in [0, 0.05) is 5.41 Å². The number of ether oxygens (including phenoxy) is 4. The van der Waals surface area contributed by atoms with E-state index >= 15 is 0 Å². The molecule has 5 nitrogen and oxygen atoms in total. The largest absolute Gasteiger partial charge is 0.493 e. The fraction of sp³-hybridized carbons (Fsp3) is 0.485. The Morgan fingerprint density at radius 3 is 1.76 bits per heavy atom. The quantitative estimate of drug-likeness (QED) is 0.432. The third-order valence-electron chi connectivity index (χ3n) is 9.76. The second-order valence-corrected chi connectivity index (χ2v) is 12.8. The van der Waals surface area contributed by atoms with Crippen LogP contribution in [0.3, 0.4) is 0 Å². The number of hydrogen-bond acceptors (Lipinski definition) is 5. The molecule has 38 heavy (non-hydrogen) atoms. The standard InChI is InChI=1S/C33H37NO4/c1-17-18(2)20(14-34)30-29(19(17)3)37-28-13-24-22(11-27(28)38-30)32(6,7)16-33(24)15-31(4,5)21-10-25(35-8)26(36-9)12-23(21)33/h10-13,29-30H,15-16H2,1-9H3. The molecule has 198 valence electrons. The van der Waals surface area contributed by atoms with Crippen molar-refractivity contribution < 1.29 is 18.9 Å². The van der Waals surface area contributed by atoms with Gasteiger partial charge in [0.1, 0.15) is 0 Å². The van der Waals surface area contributed by atoms with Crippen molar-refractivity contribution in [1.82, 2.24) is 0 Å². The summed E-state index contributed by atoms with van der Waals surface area (Å²) in [5.74, 6) is 3.03. The van der Waals surface area contributed by atoms with Gasteiger partial charge in [-0.2, -0.15) is 5.26 Å². The summed E-state index contributed by atoms with van der Waals surface area (Å²) in [5.41, 5.74) is 8.84. The highest BCUT2D eigenvalue weighted by atomic mass is 16.6. The van der Waals surface area contributed by atoms with Crippen LogP contribution in [-0.4, -0.2) is 26.4 Å². The van der Waals surface area contributed by atoms with Gasteiger partial charge in [0.25, 0.3) is 0 Å². The summed E-state index contributed by atoms with van der Waals surface area (Å²) in [6, 6.07) is 11.2. The van der Waals surface area contributed by atoms with Crippen LogP contribution < -0.4 is 18.9 Å². The third kappa shape index (κ3) is 3.09. The molecule has 0 bridgehead atoms.